The molecule has 0 radical (unpaired) electrons. The average molecular weight is 549 g/mol. The molecule has 3 N–H and O–H groups in total. The molecule has 13 heteroatoms. The number of imide groups is 1. The van der Waals surface area contributed by atoms with E-state index in [1.165, 1.54) is 24.3 Å². The van der Waals surface area contributed by atoms with Crippen molar-refractivity contribution in [2.45, 2.75) is 29.5 Å². The molecule has 2 aliphatic rings. The summed E-state index contributed by atoms with van der Waals surface area (Å²) in [5, 5.41) is 5.53. The molecule has 1 fully saturated rings. The normalized spacial score (nSPS) is 15.4. The molecule has 0 spiro atoms. The van der Waals surface area contributed by atoms with Gasteiger partial charge in [0.2, 0.25) is 5.91 Å². The number of thiophene rings is 1. The maximum atomic E-state index is 15.0. The van der Waals surface area contributed by atoms with Gasteiger partial charge in [-0.15, -0.1) is 11.3 Å². The minimum atomic E-state index is -4.17. The molecule has 2 aromatic carbocycles. The fraction of sp³-hybridized carbons (Fsp3) is 0.174. The van der Waals surface area contributed by atoms with Crippen molar-refractivity contribution in [3.63, 3.8) is 0 Å². The molecule has 0 unspecified atom stereocenters. The molecule has 186 valence electrons. The Morgan fingerprint density at radius 3 is 2.47 bits per heavy atom. The van der Waals surface area contributed by atoms with Crippen LogP contribution in [0, 0.1) is 5.82 Å². The number of nitrogens with zero attached hydrogens (tertiary/aromatic N) is 1. The van der Waals surface area contributed by atoms with E-state index in [1.54, 1.807) is 22.9 Å². The van der Waals surface area contributed by atoms with Crippen molar-refractivity contribution in [3.8, 4) is 0 Å². The van der Waals surface area contributed by atoms with Gasteiger partial charge in [-0.25, -0.2) is 27.2 Å². The quantitative estimate of drug-likeness (QED) is 0.393. The van der Waals surface area contributed by atoms with Crippen LogP contribution >= 0.6 is 22.9 Å². The van der Waals surface area contributed by atoms with E-state index in [0.29, 0.717) is 17.2 Å². The first-order valence-corrected chi connectivity index (χ1v) is 13.4. The molecule has 1 aliphatic carbocycles. The third kappa shape index (κ3) is 4.92. The number of fused-ring (bicyclic) bond motifs is 1. The number of halogens is 2. The van der Waals surface area contributed by atoms with E-state index < -0.39 is 33.7 Å². The highest BCUT2D eigenvalue weighted by Gasteiger charge is 2.34. The van der Waals surface area contributed by atoms with Crippen molar-refractivity contribution in [1.29, 1.82) is 0 Å². The van der Waals surface area contributed by atoms with Crippen LogP contribution in [0.1, 0.15) is 28.8 Å². The van der Waals surface area contributed by atoms with Crippen LogP contribution in [0.2, 0.25) is 4.34 Å². The third-order valence-electron chi connectivity index (χ3n) is 5.56. The highest BCUT2D eigenvalue weighted by molar-refractivity contribution is 7.92. The lowest BCUT2D eigenvalue weighted by molar-refractivity contribution is -0.117. The third-order valence-corrected chi connectivity index (χ3v) is 8.62. The van der Waals surface area contributed by atoms with Crippen molar-refractivity contribution < 1.29 is 27.2 Å². The molecule has 2 heterocycles. The zero-order valence-corrected chi connectivity index (χ0v) is 20.8. The Kier molecular flexibility index (Phi) is 6.18. The van der Waals surface area contributed by atoms with E-state index in [1.807, 2.05) is 0 Å². The number of carbonyl (C=O) groups excluding carboxylic acids is 3. The molecule has 1 saturated carbocycles. The minimum Gasteiger partial charge on any atom is -0.382 e. The highest BCUT2D eigenvalue weighted by atomic mass is 35.5. The molecule has 0 atom stereocenters. The van der Waals surface area contributed by atoms with E-state index in [2.05, 4.69) is 10.6 Å². The zero-order valence-electron chi connectivity index (χ0n) is 18.4. The van der Waals surface area contributed by atoms with Crippen LogP contribution in [-0.4, -0.2) is 32.3 Å². The maximum absolute atomic E-state index is 15.0. The van der Waals surface area contributed by atoms with Gasteiger partial charge in [0.1, 0.15) is 10.0 Å². The first kappa shape index (κ1) is 24.2. The van der Waals surface area contributed by atoms with E-state index in [4.69, 9.17) is 11.6 Å². The Morgan fingerprint density at radius 2 is 1.81 bits per heavy atom. The molecule has 4 amide bonds. The number of nitrogens with one attached hydrogen (secondary N) is 3. The standard InChI is InChI=1S/C23H18ClFN4O5S2/c24-19-7-8-21(35-19)36(33,34)28-23(32)27-15-4-6-18(17(25)11-15)29-20(30)10-12-9-14(26-13-1-2-13)3-5-16(12)22(29)31/h3-9,11,13,26H,1-2,10H2,(H2,27,28,32). The summed E-state index contributed by atoms with van der Waals surface area (Å²) in [5.41, 5.74) is 1.34. The second-order valence-corrected chi connectivity index (χ2v) is 11.9. The number of sulfonamides is 1. The molecular formula is C23H18ClFN4O5S2. The van der Waals surface area contributed by atoms with Gasteiger partial charge >= 0.3 is 6.03 Å². The van der Waals surface area contributed by atoms with Gasteiger partial charge in [0.05, 0.1) is 16.4 Å². The van der Waals surface area contributed by atoms with E-state index >= 15 is 0 Å². The Bertz CT molecular complexity index is 1520. The average Bonchev–Trinajstić information content (AvgIpc) is 3.50. The lowest BCUT2D eigenvalue weighted by atomic mass is 9.97. The second-order valence-electron chi connectivity index (χ2n) is 8.29. The summed E-state index contributed by atoms with van der Waals surface area (Å²) in [6.45, 7) is 0. The minimum absolute atomic E-state index is 0.0757. The molecule has 36 heavy (non-hydrogen) atoms. The molecule has 9 nitrogen and oxygen atoms in total. The summed E-state index contributed by atoms with van der Waals surface area (Å²) < 4.78 is 41.3. The summed E-state index contributed by atoms with van der Waals surface area (Å²) in [7, 11) is -4.17. The van der Waals surface area contributed by atoms with Crippen molar-refractivity contribution in [2.24, 2.45) is 0 Å². The predicted octanol–water partition coefficient (Wildman–Crippen LogP) is 4.35. The molecule has 0 bridgehead atoms. The number of benzene rings is 2. The number of amides is 4. The van der Waals surface area contributed by atoms with E-state index in [-0.39, 0.29) is 26.3 Å². The number of carbonyl (C=O) groups is 3. The van der Waals surface area contributed by atoms with Crippen LogP contribution in [0.3, 0.4) is 0 Å². The zero-order chi connectivity index (χ0) is 25.6. The molecule has 5 rings (SSSR count). The molecular weight excluding hydrogens is 531 g/mol. The first-order valence-electron chi connectivity index (χ1n) is 10.8. The smallest absolute Gasteiger partial charge is 0.333 e. The molecule has 0 saturated heterocycles. The van der Waals surface area contributed by atoms with Gasteiger partial charge in [-0.3, -0.25) is 9.59 Å². The Labute approximate surface area is 214 Å². The summed E-state index contributed by atoms with van der Waals surface area (Å²) >= 11 is 6.50. The topological polar surface area (TPSA) is 125 Å². The Balaban J connectivity index is 1.31. The number of anilines is 3. The van der Waals surface area contributed by atoms with Gasteiger partial charge in [-0.1, -0.05) is 11.6 Å². The van der Waals surface area contributed by atoms with Crippen LogP contribution in [0.5, 0.6) is 0 Å². The van der Waals surface area contributed by atoms with Gasteiger partial charge in [-0.2, -0.15) is 0 Å². The van der Waals surface area contributed by atoms with Crippen LogP contribution in [-0.2, 0) is 21.2 Å². The fourth-order valence-corrected chi connectivity index (χ4v) is 6.15. The maximum Gasteiger partial charge on any atom is 0.333 e. The number of hydrogen-bond donors (Lipinski definition) is 3. The lowest BCUT2D eigenvalue weighted by Gasteiger charge is -2.27. The number of hydrogen-bond acceptors (Lipinski definition) is 7. The number of rotatable bonds is 6. The second kappa shape index (κ2) is 9.19. The molecule has 1 aromatic heterocycles. The van der Waals surface area contributed by atoms with Crippen molar-refractivity contribution in [3.05, 3.63) is 69.8 Å². The van der Waals surface area contributed by atoms with Crippen molar-refractivity contribution in [2.75, 3.05) is 15.5 Å². The monoisotopic (exact) mass is 548 g/mol. The van der Waals surface area contributed by atoms with Crippen LogP contribution in [0.25, 0.3) is 0 Å². The Hall–Kier alpha value is -3.48. The summed E-state index contributed by atoms with van der Waals surface area (Å²) in [5.74, 6) is -2.19. The van der Waals surface area contributed by atoms with Crippen LogP contribution in [0.4, 0.5) is 26.2 Å². The highest BCUT2D eigenvalue weighted by Crippen LogP contribution is 2.32. The largest absolute Gasteiger partial charge is 0.382 e. The SMILES string of the molecule is O=C(Nc1ccc(N2C(=O)Cc3cc(NC4CC4)ccc3C2=O)c(F)c1)NS(=O)(=O)c1ccc(Cl)s1. The Morgan fingerprint density at radius 1 is 1.06 bits per heavy atom. The summed E-state index contributed by atoms with van der Waals surface area (Å²) in [6.07, 6.45) is 2.08. The van der Waals surface area contributed by atoms with Gasteiger partial charge in [0, 0.05) is 23.0 Å². The summed E-state index contributed by atoms with van der Waals surface area (Å²) in [6, 6.07) is 10.3. The summed E-state index contributed by atoms with van der Waals surface area (Å²) in [4.78, 5) is 38.8. The van der Waals surface area contributed by atoms with Crippen molar-refractivity contribution in [1.82, 2.24) is 4.72 Å². The van der Waals surface area contributed by atoms with E-state index in [9.17, 15) is 27.2 Å². The molecule has 1 aliphatic heterocycles. The first-order chi connectivity index (χ1) is 17.1. The van der Waals surface area contributed by atoms with E-state index in [0.717, 1.165) is 40.8 Å². The fourth-order valence-electron chi connectivity index (χ4n) is 3.76. The van der Waals surface area contributed by atoms with Gasteiger partial charge in [-0.05, 0) is 66.9 Å². The van der Waals surface area contributed by atoms with Crippen LogP contribution < -0.4 is 20.3 Å². The van der Waals surface area contributed by atoms with Gasteiger partial charge in [0.25, 0.3) is 15.9 Å². The lowest BCUT2D eigenvalue weighted by Crippen LogP contribution is -2.43. The van der Waals surface area contributed by atoms with Gasteiger partial charge < -0.3 is 10.6 Å². The molecule has 3 aromatic rings. The van der Waals surface area contributed by atoms with Crippen molar-refractivity contribution >= 4 is 67.9 Å². The number of urea groups is 1. The van der Waals surface area contributed by atoms with Crippen LogP contribution in [0.15, 0.2) is 52.7 Å². The predicted molar refractivity (Wildman–Crippen MR) is 134 cm³/mol. The van der Waals surface area contributed by atoms with Gasteiger partial charge in [0.15, 0.2) is 0 Å².